The zero-order valence-electron chi connectivity index (χ0n) is 45.2. The molecule has 2 aliphatic rings. The van der Waals surface area contributed by atoms with Gasteiger partial charge < -0.3 is 52.1 Å². The van der Waals surface area contributed by atoms with E-state index in [4.69, 9.17) is 52.1 Å². The second kappa shape index (κ2) is 29.4. The van der Waals surface area contributed by atoms with Crippen molar-refractivity contribution in [3.63, 3.8) is 0 Å². The summed E-state index contributed by atoms with van der Waals surface area (Å²) in [6.45, 7) is -0.784. The lowest BCUT2D eigenvalue weighted by molar-refractivity contribution is -0.369. The Hall–Kier alpha value is -8.64. The Balaban J connectivity index is 1.10. The molecule has 8 aromatic rings. The van der Waals surface area contributed by atoms with Crippen LogP contribution in [0.15, 0.2) is 243 Å². The number of hydrogen-bond donors (Lipinski definition) is 0. The molecule has 0 unspecified atom stereocenters. The molecule has 2 saturated heterocycles. The highest BCUT2D eigenvalue weighted by molar-refractivity contribution is 5.91. The number of carbonyl (C=O) groups excluding carboxylic acids is 4. The van der Waals surface area contributed by atoms with Crippen LogP contribution in [0.2, 0.25) is 0 Å². The van der Waals surface area contributed by atoms with Gasteiger partial charge in [-0.3, -0.25) is 0 Å². The largest absolute Gasteiger partial charge is 0.459 e. The third kappa shape index (κ3) is 15.9. The van der Waals surface area contributed by atoms with Gasteiger partial charge in [-0.05, 0) is 70.8 Å². The molecule has 10 rings (SSSR count). The van der Waals surface area contributed by atoms with Crippen molar-refractivity contribution in [1.29, 1.82) is 0 Å². The first kappa shape index (κ1) is 57.6. The van der Waals surface area contributed by atoms with Crippen LogP contribution in [-0.4, -0.2) is 98.5 Å². The molecule has 15 heteroatoms. The fourth-order valence-corrected chi connectivity index (χ4v) is 9.63. The number of benzene rings is 8. The highest BCUT2D eigenvalue weighted by Crippen LogP contribution is 2.37. The van der Waals surface area contributed by atoms with E-state index in [0.29, 0.717) is 5.56 Å². The van der Waals surface area contributed by atoms with Crippen LogP contribution >= 0.6 is 0 Å². The van der Waals surface area contributed by atoms with E-state index in [-0.39, 0.29) is 49.7 Å². The predicted molar refractivity (Wildman–Crippen MR) is 303 cm³/mol. The normalized spacial score (nSPS) is 22.1. The minimum Gasteiger partial charge on any atom is -0.459 e. The van der Waals surface area contributed by atoms with Gasteiger partial charge in [-0.25, -0.2) is 19.2 Å². The maximum atomic E-state index is 14.7. The summed E-state index contributed by atoms with van der Waals surface area (Å²) in [5.74, 6) is -2.95. The summed E-state index contributed by atoms with van der Waals surface area (Å²) in [6.07, 6.45) is -13.6. The van der Waals surface area contributed by atoms with Crippen molar-refractivity contribution in [2.24, 2.45) is 0 Å². The SMILES string of the molecule is O=C(OC[C@H]1O[C@H](O[C@H]2[C@H](OC(=O)c3ccccc3)[C@H](OC(=O)c3ccccc3)[C@@H](OCc3ccccc3)O[C@@H]2COC(=O)c2ccccc2)[C@@H](OCc2ccccc2)[C@@H](OCc2ccccc2)[C@@H]1OCc1ccccc1)c1ccccc1. The molecule has 0 aromatic heterocycles. The van der Waals surface area contributed by atoms with Gasteiger partial charge >= 0.3 is 23.9 Å². The first-order valence-electron chi connectivity index (χ1n) is 27.4. The monoisotopic (exact) mass is 1120 g/mol. The molecule has 0 bridgehead atoms. The van der Waals surface area contributed by atoms with Gasteiger partial charge in [-0.1, -0.05) is 194 Å². The average molecular weight is 1120 g/mol. The third-order valence-electron chi connectivity index (χ3n) is 13.9. The van der Waals surface area contributed by atoms with Gasteiger partial charge in [0.25, 0.3) is 0 Å². The summed E-state index contributed by atoms with van der Waals surface area (Å²) in [5.41, 5.74) is 4.08. The van der Waals surface area contributed by atoms with E-state index >= 15 is 0 Å². The molecule has 2 fully saturated rings. The van der Waals surface area contributed by atoms with Gasteiger partial charge in [-0.2, -0.15) is 0 Å². The fourth-order valence-electron chi connectivity index (χ4n) is 9.63. The van der Waals surface area contributed by atoms with Gasteiger partial charge in [0.05, 0.1) is 48.7 Å². The van der Waals surface area contributed by atoms with Crippen LogP contribution < -0.4 is 0 Å². The van der Waals surface area contributed by atoms with Crippen LogP contribution in [0.1, 0.15) is 63.7 Å². The second-order valence-corrected chi connectivity index (χ2v) is 19.7. The van der Waals surface area contributed by atoms with Crippen molar-refractivity contribution < 1.29 is 71.3 Å². The molecule has 2 heterocycles. The fraction of sp³-hybridized carbons (Fsp3) is 0.235. The summed E-state index contributed by atoms with van der Waals surface area (Å²) < 4.78 is 73.8. The topological polar surface area (TPSA) is 170 Å². The first-order chi connectivity index (χ1) is 40.8. The number of rotatable bonds is 24. The van der Waals surface area contributed by atoms with E-state index in [0.717, 1.165) is 22.3 Å². The Morgan fingerprint density at radius 1 is 0.289 bits per heavy atom. The van der Waals surface area contributed by atoms with Gasteiger partial charge in [0.1, 0.15) is 49.8 Å². The molecule has 2 aliphatic heterocycles. The minimum absolute atomic E-state index is 0.0113. The highest BCUT2D eigenvalue weighted by Gasteiger charge is 2.57. The molecule has 0 saturated carbocycles. The van der Waals surface area contributed by atoms with E-state index in [1.54, 1.807) is 121 Å². The van der Waals surface area contributed by atoms with Crippen molar-refractivity contribution in [3.05, 3.63) is 287 Å². The van der Waals surface area contributed by atoms with Crippen LogP contribution in [0.25, 0.3) is 0 Å². The summed E-state index contributed by atoms with van der Waals surface area (Å²) in [5, 5.41) is 0. The number of hydrogen-bond acceptors (Lipinski definition) is 15. The maximum Gasteiger partial charge on any atom is 0.338 e. The molecular weight excluding hydrogens is 1060 g/mol. The predicted octanol–water partition coefficient (Wildman–Crippen LogP) is 11.0. The molecule has 0 spiro atoms. The quantitative estimate of drug-likeness (QED) is 0.0413. The van der Waals surface area contributed by atoms with Crippen molar-refractivity contribution >= 4 is 23.9 Å². The van der Waals surface area contributed by atoms with Gasteiger partial charge in [0, 0.05) is 0 Å². The Morgan fingerprint density at radius 3 is 0.988 bits per heavy atom. The van der Waals surface area contributed by atoms with Crippen LogP contribution in [0.5, 0.6) is 0 Å². The molecule has 424 valence electrons. The van der Waals surface area contributed by atoms with Crippen molar-refractivity contribution in [2.75, 3.05) is 13.2 Å². The van der Waals surface area contributed by atoms with Crippen molar-refractivity contribution in [3.8, 4) is 0 Å². The van der Waals surface area contributed by atoms with E-state index in [1.165, 1.54) is 0 Å². The minimum atomic E-state index is -1.62. The summed E-state index contributed by atoms with van der Waals surface area (Å²) in [6, 6.07) is 71.3. The molecule has 0 N–H and O–H groups in total. The molecule has 83 heavy (non-hydrogen) atoms. The van der Waals surface area contributed by atoms with E-state index in [9.17, 15) is 19.2 Å². The Bertz CT molecular complexity index is 3250. The molecule has 0 aliphatic carbocycles. The summed E-state index contributed by atoms with van der Waals surface area (Å²) >= 11 is 0. The van der Waals surface area contributed by atoms with Crippen LogP contribution in [-0.2, 0) is 78.5 Å². The van der Waals surface area contributed by atoms with Crippen LogP contribution in [0, 0.1) is 0 Å². The van der Waals surface area contributed by atoms with Crippen LogP contribution in [0.3, 0.4) is 0 Å². The number of ether oxygens (including phenoxy) is 11. The molecular formula is C68H62O15. The number of esters is 4. The van der Waals surface area contributed by atoms with Gasteiger partial charge in [0.15, 0.2) is 24.8 Å². The zero-order chi connectivity index (χ0) is 57.0. The lowest BCUT2D eigenvalue weighted by Gasteiger charge is -2.49. The Morgan fingerprint density at radius 2 is 0.590 bits per heavy atom. The summed E-state index contributed by atoms with van der Waals surface area (Å²) in [4.78, 5) is 57.0. The standard InChI is InChI=1S/C68H62O15/c69-63(51-33-17-5-18-34-51)76-45-55-57(73-41-47-25-9-1-10-26-47)59(74-42-48-27-11-2-12-28-48)61(75-43-49-29-13-3-14-30-49)68(80-55)83-58-56(46-77-64(70)52-35-19-6-20-36-52)79-67(78-44-50-31-15-4-16-32-50)62(82-66(72)54-39-23-8-24-40-54)60(58)81-65(71)53-37-21-7-22-38-53/h1-40,55-62,67-68H,41-46H2/t55-,56-,57-,58-,59+,60+,61+,62+,67+,68-/m1/s1. The molecule has 15 nitrogen and oxygen atoms in total. The molecule has 0 amide bonds. The van der Waals surface area contributed by atoms with Crippen molar-refractivity contribution in [2.45, 2.75) is 87.8 Å². The highest BCUT2D eigenvalue weighted by atomic mass is 16.8. The van der Waals surface area contributed by atoms with Gasteiger partial charge in [0.2, 0.25) is 0 Å². The third-order valence-corrected chi connectivity index (χ3v) is 13.9. The van der Waals surface area contributed by atoms with Gasteiger partial charge in [-0.15, -0.1) is 0 Å². The molecule has 8 aromatic carbocycles. The molecule has 0 radical (unpaired) electrons. The Kier molecular flexibility index (Phi) is 20.4. The smallest absolute Gasteiger partial charge is 0.338 e. The van der Waals surface area contributed by atoms with Crippen LogP contribution in [0.4, 0.5) is 0 Å². The number of carbonyl (C=O) groups is 4. The second-order valence-electron chi connectivity index (χ2n) is 19.7. The van der Waals surface area contributed by atoms with E-state index in [1.807, 2.05) is 121 Å². The Labute approximate surface area is 481 Å². The van der Waals surface area contributed by atoms with E-state index in [2.05, 4.69) is 0 Å². The first-order valence-corrected chi connectivity index (χ1v) is 27.4. The van der Waals surface area contributed by atoms with Crippen molar-refractivity contribution in [1.82, 2.24) is 0 Å². The molecule has 10 atom stereocenters. The lowest BCUT2D eigenvalue weighted by Crippen LogP contribution is -2.67. The average Bonchev–Trinajstić information content (AvgIpc) is 3.63. The summed E-state index contributed by atoms with van der Waals surface area (Å²) in [7, 11) is 0. The zero-order valence-corrected chi connectivity index (χ0v) is 45.2. The maximum absolute atomic E-state index is 14.7. The lowest BCUT2D eigenvalue weighted by atomic mass is 9.95. The van der Waals surface area contributed by atoms with E-state index < -0.39 is 91.9 Å².